The van der Waals surface area contributed by atoms with E-state index in [1.807, 2.05) is 0 Å². The molecule has 0 spiro atoms. The summed E-state index contributed by atoms with van der Waals surface area (Å²) >= 11 is 0. The number of hydrogen-bond acceptors (Lipinski definition) is 3. The van der Waals surface area contributed by atoms with E-state index in [0.717, 1.165) is 6.07 Å². The van der Waals surface area contributed by atoms with Gasteiger partial charge >= 0.3 is 0 Å². The van der Waals surface area contributed by atoms with Gasteiger partial charge in [0.25, 0.3) is 6.43 Å². The predicted molar refractivity (Wildman–Crippen MR) is 49.7 cm³/mol. The van der Waals surface area contributed by atoms with Gasteiger partial charge in [0.1, 0.15) is 11.6 Å². The molecule has 6 heteroatoms. The highest BCUT2D eigenvalue weighted by Crippen LogP contribution is 2.33. The summed E-state index contributed by atoms with van der Waals surface area (Å²) in [5, 5.41) is 0. The maximum absolute atomic E-state index is 13.0. The largest absolute Gasteiger partial charge is 0.496 e. The molecule has 1 aromatic rings. The average molecular weight is 231 g/mol. The Morgan fingerprint density at radius 2 is 2.19 bits per heavy atom. The molecule has 86 valence electrons. The summed E-state index contributed by atoms with van der Waals surface area (Å²) in [4.78, 5) is 13.1. The molecule has 0 saturated carbocycles. The summed E-state index contributed by atoms with van der Waals surface area (Å²) in [6.07, 6.45) is -1.61. The van der Waals surface area contributed by atoms with Gasteiger partial charge in [-0.1, -0.05) is 0 Å². The Morgan fingerprint density at radius 1 is 1.50 bits per heavy atom. The van der Waals surface area contributed by atoms with Crippen molar-refractivity contribution in [2.24, 2.45) is 4.99 Å². The van der Waals surface area contributed by atoms with Crippen LogP contribution in [-0.4, -0.2) is 13.2 Å². The zero-order valence-electron chi connectivity index (χ0n) is 8.34. The number of isocyanates is 1. The van der Waals surface area contributed by atoms with Crippen molar-refractivity contribution in [1.82, 2.24) is 0 Å². The molecule has 0 fully saturated rings. The molecule has 0 amide bonds. The fourth-order valence-electron chi connectivity index (χ4n) is 1.32. The van der Waals surface area contributed by atoms with Crippen molar-refractivity contribution in [3.63, 3.8) is 0 Å². The van der Waals surface area contributed by atoms with Crippen LogP contribution in [0, 0.1) is 5.82 Å². The van der Waals surface area contributed by atoms with E-state index in [2.05, 4.69) is 4.99 Å². The summed E-state index contributed by atoms with van der Waals surface area (Å²) in [5.74, 6) is -0.984. The van der Waals surface area contributed by atoms with E-state index < -0.39 is 17.8 Å². The Kier molecular flexibility index (Phi) is 4.08. The molecule has 0 radical (unpaired) electrons. The lowest BCUT2D eigenvalue weighted by atomic mass is 10.1. The molecule has 0 saturated heterocycles. The molecule has 16 heavy (non-hydrogen) atoms. The van der Waals surface area contributed by atoms with E-state index in [1.54, 1.807) is 0 Å². The quantitative estimate of drug-likeness (QED) is 0.590. The van der Waals surface area contributed by atoms with Crippen molar-refractivity contribution < 1.29 is 22.7 Å². The summed E-state index contributed by atoms with van der Waals surface area (Å²) in [6, 6.07) is 1.68. The number of carbonyl (C=O) groups excluding carboxylic acids is 1. The second kappa shape index (κ2) is 5.32. The van der Waals surface area contributed by atoms with Crippen LogP contribution < -0.4 is 4.74 Å². The lowest BCUT2D eigenvalue weighted by molar-refractivity contribution is 0.146. The van der Waals surface area contributed by atoms with Crippen LogP contribution in [0.15, 0.2) is 17.1 Å². The number of methoxy groups -OCH3 is 1. The molecule has 0 bridgehead atoms. The van der Waals surface area contributed by atoms with E-state index >= 15 is 0 Å². The Labute approximate surface area is 89.6 Å². The topological polar surface area (TPSA) is 38.7 Å². The van der Waals surface area contributed by atoms with Crippen molar-refractivity contribution >= 4 is 6.08 Å². The van der Waals surface area contributed by atoms with Gasteiger partial charge in [0.15, 0.2) is 0 Å². The SMILES string of the molecule is COc1c(CN=C=O)cc(F)cc1C(F)F. The number of hydrogen-bond donors (Lipinski definition) is 0. The first-order chi connectivity index (χ1) is 7.60. The van der Waals surface area contributed by atoms with E-state index in [4.69, 9.17) is 4.74 Å². The van der Waals surface area contributed by atoms with Crippen molar-refractivity contribution in [2.75, 3.05) is 7.11 Å². The normalized spacial score (nSPS) is 10.1. The zero-order chi connectivity index (χ0) is 12.1. The Hall–Kier alpha value is -1.81. The number of benzene rings is 1. The van der Waals surface area contributed by atoms with Crippen molar-refractivity contribution in [3.05, 3.63) is 29.1 Å². The average Bonchev–Trinajstić information content (AvgIpc) is 2.25. The molecule has 0 unspecified atom stereocenters. The van der Waals surface area contributed by atoms with Crippen LogP contribution in [-0.2, 0) is 11.3 Å². The van der Waals surface area contributed by atoms with Crippen LogP contribution in [0.4, 0.5) is 13.2 Å². The van der Waals surface area contributed by atoms with Crippen LogP contribution in [0.3, 0.4) is 0 Å². The maximum atomic E-state index is 13.0. The van der Waals surface area contributed by atoms with E-state index in [1.165, 1.54) is 13.2 Å². The molecule has 1 aromatic carbocycles. The van der Waals surface area contributed by atoms with Gasteiger partial charge in [0.2, 0.25) is 6.08 Å². The van der Waals surface area contributed by atoms with Gasteiger partial charge in [0, 0.05) is 5.56 Å². The van der Waals surface area contributed by atoms with E-state index in [9.17, 15) is 18.0 Å². The zero-order valence-corrected chi connectivity index (χ0v) is 8.34. The fourth-order valence-corrected chi connectivity index (χ4v) is 1.32. The fraction of sp³-hybridized carbons (Fsp3) is 0.300. The van der Waals surface area contributed by atoms with Crippen molar-refractivity contribution in [2.45, 2.75) is 13.0 Å². The van der Waals surface area contributed by atoms with Crippen molar-refractivity contribution in [3.8, 4) is 5.75 Å². The third-order valence-electron chi connectivity index (χ3n) is 1.91. The van der Waals surface area contributed by atoms with Gasteiger partial charge in [-0.2, -0.15) is 0 Å². The Bertz CT molecular complexity index is 428. The Morgan fingerprint density at radius 3 is 2.69 bits per heavy atom. The monoisotopic (exact) mass is 231 g/mol. The van der Waals surface area contributed by atoms with E-state index in [-0.39, 0.29) is 17.9 Å². The molecule has 0 aromatic heterocycles. The third-order valence-corrected chi connectivity index (χ3v) is 1.91. The van der Waals surface area contributed by atoms with Crippen molar-refractivity contribution in [1.29, 1.82) is 0 Å². The number of halogens is 3. The van der Waals surface area contributed by atoms with Crippen LogP contribution in [0.25, 0.3) is 0 Å². The lowest BCUT2D eigenvalue weighted by Gasteiger charge is -2.11. The molecular formula is C10H8F3NO2. The van der Waals surface area contributed by atoms with Crippen LogP contribution in [0.2, 0.25) is 0 Å². The second-order valence-corrected chi connectivity index (χ2v) is 2.90. The number of nitrogens with zero attached hydrogens (tertiary/aromatic N) is 1. The number of ether oxygens (including phenoxy) is 1. The highest BCUT2D eigenvalue weighted by atomic mass is 19.3. The second-order valence-electron chi connectivity index (χ2n) is 2.90. The Balaban J connectivity index is 3.29. The number of aliphatic imine (C=N–C) groups is 1. The molecule has 0 aliphatic carbocycles. The maximum Gasteiger partial charge on any atom is 0.267 e. The molecule has 0 aliphatic heterocycles. The molecule has 0 heterocycles. The first kappa shape index (κ1) is 12.3. The highest BCUT2D eigenvalue weighted by molar-refractivity contribution is 5.44. The van der Waals surface area contributed by atoms with Crippen LogP contribution in [0.1, 0.15) is 17.6 Å². The smallest absolute Gasteiger partial charge is 0.267 e. The van der Waals surface area contributed by atoms with Gasteiger partial charge in [-0.3, -0.25) is 0 Å². The summed E-state index contributed by atoms with van der Waals surface area (Å²) in [6.45, 7) is -0.246. The van der Waals surface area contributed by atoms with Gasteiger partial charge in [-0.05, 0) is 12.1 Å². The van der Waals surface area contributed by atoms with Crippen LogP contribution >= 0.6 is 0 Å². The minimum absolute atomic E-state index is 0.0844. The van der Waals surface area contributed by atoms with E-state index in [0.29, 0.717) is 6.07 Å². The molecular weight excluding hydrogens is 223 g/mol. The number of alkyl halides is 2. The molecule has 1 rings (SSSR count). The third kappa shape index (κ3) is 2.61. The minimum atomic E-state index is -2.86. The standard InChI is InChI=1S/C10H8F3NO2/c1-16-9-6(4-14-5-15)2-7(11)3-8(9)10(12)13/h2-3,10H,4H2,1H3. The van der Waals surface area contributed by atoms with Gasteiger partial charge in [-0.25, -0.2) is 23.0 Å². The number of rotatable bonds is 4. The van der Waals surface area contributed by atoms with Gasteiger partial charge in [-0.15, -0.1) is 0 Å². The first-order valence-corrected chi connectivity index (χ1v) is 4.28. The predicted octanol–water partition coefficient (Wildman–Crippen LogP) is 2.61. The lowest BCUT2D eigenvalue weighted by Crippen LogP contribution is -1.99. The minimum Gasteiger partial charge on any atom is -0.496 e. The summed E-state index contributed by atoms with van der Waals surface area (Å²) in [5.41, 5.74) is -0.472. The van der Waals surface area contributed by atoms with Crippen LogP contribution in [0.5, 0.6) is 5.75 Å². The van der Waals surface area contributed by atoms with Gasteiger partial charge in [0.05, 0.1) is 19.2 Å². The molecule has 0 atom stereocenters. The molecule has 3 nitrogen and oxygen atoms in total. The summed E-state index contributed by atoms with van der Waals surface area (Å²) in [7, 11) is 1.19. The molecule has 0 N–H and O–H groups in total. The summed E-state index contributed by atoms with van der Waals surface area (Å²) < 4.78 is 42.8. The highest BCUT2D eigenvalue weighted by Gasteiger charge is 2.18. The first-order valence-electron chi connectivity index (χ1n) is 4.28. The van der Waals surface area contributed by atoms with Gasteiger partial charge < -0.3 is 4.74 Å². The molecule has 0 aliphatic rings.